The molecule has 2 N–H and O–H groups in total. The first-order valence-electron chi connectivity index (χ1n) is 9.82. The summed E-state index contributed by atoms with van der Waals surface area (Å²) in [6, 6.07) is 3.71. The quantitative estimate of drug-likeness (QED) is 0.740. The van der Waals surface area contributed by atoms with Gasteiger partial charge in [0.05, 0.1) is 0 Å². The third kappa shape index (κ3) is 4.94. The topological polar surface area (TPSA) is 110 Å². The van der Waals surface area contributed by atoms with Gasteiger partial charge in [-0.25, -0.2) is 4.98 Å². The molecule has 0 saturated heterocycles. The van der Waals surface area contributed by atoms with Gasteiger partial charge in [0.1, 0.15) is 11.4 Å². The van der Waals surface area contributed by atoms with E-state index in [1.807, 2.05) is 19.1 Å². The van der Waals surface area contributed by atoms with E-state index in [1.165, 1.54) is 6.92 Å². The Kier molecular flexibility index (Phi) is 6.38. The molecule has 0 aromatic carbocycles. The molecule has 3 rings (SSSR count). The maximum atomic E-state index is 12.2. The van der Waals surface area contributed by atoms with E-state index < -0.39 is 5.54 Å². The van der Waals surface area contributed by atoms with Crippen LogP contribution in [0.25, 0.3) is 0 Å². The third-order valence-electron chi connectivity index (χ3n) is 5.10. The van der Waals surface area contributed by atoms with E-state index in [-0.39, 0.29) is 18.2 Å². The number of aromatic nitrogens is 3. The van der Waals surface area contributed by atoms with Gasteiger partial charge in [0.25, 0.3) is 0 Å². The number of rotatable bonds is 6. The fourth-order valence-electron chi connectivity index (χ4n) is 3.66. The lowest BCUT2D eigenvalue weighted by molar-refractivity contribution is -0.121. The number of carbonyl (C=O) groups excluding carboxylic acids is 2. The van der Waals surface area contributed by atoms with E-state index >= 15 is 0 Å². The van der Waals surface area contributed by atoms with Crippen LogP contribution in [0.15, 0.2) is 22.9 Å². The van der Waals surface area contributed by atoms with E-state index in [2.05, 4.69) is 25.8 Å². The number of hydrogen-bond acceptors (Lipinski definition) is 6. The van der Waals surface area contributed by atoms with E-state index in [0.29, 0.717) is 24.0 Å². The first kappa shape index (κ1) is 20.0. The van der Waals surface area contributed by atoms with Crippen molar-refractivity contribution in [2.45, 2.75) is 70.8 Å². The molecule has 1 fully saturated rings. The molecule has 0 aliphatic heterocycles. The number of aryl methyl sites for hydroxylation is 2. The van der Waals surface area contributed by atoms with Crippen molar-refractivity contribution in [1.29, 1.82) is 0 Å². The highest BCUT2D eigenvalue weighted by Crippen LogP contribution is 2.34. The smallest absolute Gasteiger partial charge is 0.227 e. The molecule has 1 saturated carbocycles. The Morgan fingerprint density at radius 1 is 1.21 bits per heavy atom. The largest absolute Gasteiger partial charge is 0.343 e. The Morgan fingerprint density at radius 3 is 2.64 bits per heavy atom. The normalized spacial score (nSPS) is 16.2. The van der Waals surface area contributed by atoms with Crippen LogP contribution in [-0.4, -0.2) is 26.9 Å². The van der Waals surface area contributed by atoms with Gasteiger partial charge in [-0.2, -0.15) is 4.98 Å². The van der Waals surface area contributed by atoms with Crippen LogP contribution in [0.4, 0.5) is 5.82 Å². The summed E-state index contributed by atoms with van der Waals surface area (Å²) in [6.07, 6.45) is 8.08. The minimum absolute atomic E-state index is 0.0987. The molecule has 2 aromatic heterocycles. The van der Waals surface area contributed by atoms with Gasteiger partial charge in [-0.05, 0) is 31.4 Å². The third-order valence-corrected chi connectivity index (χ3v) is 5.10. The fourth-order valence-corrected chi connectivity index (χ4v) is 3.66. The van der Waals surface area contributed by atoms with Crippen molar-refractivity contribution in [2.24, 2.45) is 0 Å². The van der Waals surface area contributed by atoms with Gasteiger partial charge in [0, 0.05) is 26.0 Å². The predicted octanol–water partition coefficient (Wildman–Crippen LogP) is 3.03. The number of amides is 2. The molecule has 28 heavy (non-hydrogen) atoms. The van der Waals surface area contributed by atoms with Crippen molar-refractivity contribution in [3.05, 3.63) is 35.6 Å². The molecular weight excluding hydrogens is 358 g/mol. The number of nitrogens with zero attached hydrogens (tertiary/aromatic N) is 3. The van der Waals surface area contributed by atoms with Crippen LogP contribution in [0.2, 0.25) is 0 Å². The second-order valence-corrected chi connectivity index (χ2v) is 7.41. The Bertz CT molecular complexity index is 825. The van der Waals surface area contributed by atoms with Crippen LogP contribution in [0, 0.1) is 6.92 Å². The van der Waals surface area contributed by atoms with Crippen molar-refractivity contribution >= 4 is 17.6 Å². The summed E-state index contributed by atoms with van der Waals surface area (Å²) in [4.78, 5) is 32.6. The molecule has 2 amide bonds. The van der Waals surface area contributed by atoms with Crippen molar-refractivity contribution in [3.63, 3.8) is 0 Å². The van der Waals surface area contributed by atoms with Gasteiger partial charge >= 0.3 is 0 Å². The van der Waals surface area contributed by atoms with E-state index in [1.54, 1.807) is 6.20 Å². The minimum Gasteiger partial charge on any atom is -0.343 e. The Hall–Kier alpha value is -2.77. The fraction of sp³-hybridized carbons (Fsp3) is 0.550. The Balaban J connectivity index is 1.64. The van der Waals surface area contributed by atoms with Gasteiger partial charge in [-0.3, -0.25) is 9.59 Å². The van der Waals surface area contributed by atoms with Crippen molar-refractivity contribution < 1.29 is 14.1 Å². The van der Waals surface area contributed by atoms with Crippen molar-refractivity contribution in [1.82, 2.24) is 20.4 Å². The van der Waals surface area contributed by atoms with Gasteiger partial charge in [0.15, 0.2) is 5.82 Å². The van der Waals surface area contributed by atoms with Gasteiger partial charge in [-0.15, -0.1) is 0 Å². The highest BCUT2D eigenvalue weighted by atomic mass is 16.5. The minimum atomic E-state index is -0.572. The number of pyridine rings is 1. The predicted molar refractivity (Wildman–Crippen MR) is 103 cm³/mol. The second kappa shape index (κ2) is 8.95. The number of hydrogen-bond donors (Lipinski definition) is 2. The lowest BCUT2D eigenvalue weighted by Crippen LogP contribution is -2.45. The number of carbonyl (C=O) groups is 2. The summed E-state index contributed by atoms with van der Waals surface area (Å²) >= 11 is 0. The highest BCUT2D eigenvalue weighted by Gasteiger charge is 2.38. The molecular formula is C20H27N5O3. The lowest BCUT2D eigenvalue weighted by atomic mass is 9.89. The van der Waals surface area contributed by atoms with E-state index in [0.717, 1.165) is 44.1 Å². The zero-order valence-electron chi connectivity index (χ0n) is 16.5. The maximum Gasteiger partial charge on any atom is 0.227 e. The van der Waals surface area contributed by atoms with Crippen LogP contribution in [0.3, 0.4) is 0 Å². The number of anilines is 1. The molecule has 0 unspecified atom stereocenters. The summed E-state index contributed by atoms with van der Waals surface area (Å²) in [7, 11) is 0. The maximum absolute atomic E-state index is 12.2. The van der Waals surface area contributed by atoms with Crippen LogP contribution < -0.4 is 10.6 Å². The Morgan fingerprint density at radius 2 is 1.96 bits per heavy atom. The Labute approximate surface area is 164 Å². The molecule has 1 aliphatic carbocycles. The molecule has 150 valence electrons. The van der Waals surface area contributed by atoms with Crippen molar-refractivity contribution in [2.75, 3.05) is 5.32 Å². The summed E-state index contributed by atoms with van der Waals surface area (Å²) in [5.41, 5.74) is 0.332. The SMILES string of the molecule is CC(=O)NC1(c2noc(CCC(=O)Nc3ncccc3C)n2)CCCCCC1. The molecule has 0 radical (unpaired) electrons. The summed E-state index contributed by atoms with van der Waals surface area (Å²) in [5.74, 6) is 1.21. The molecule has 2 heterocycles. The van der Waals surface area contributed by atoms with Gasteiger partial charge in [-0.1, -0.05) is 36.9 Å². The van der Waals surface area contributed by atoms with E-state index in [9.17, 15) is 9.59 Å². The highest BCUT2D eigenvalue weighted by molar-refractivity contribution is 5.90. The van der Waals surface area contributed by atoms with Crippen LogP contribution >= 0.6 is 0 Å². The zero-order chi connectivity index (χ0) is 20.0. The lowest BCUT2D eigenvalue weighted by Gasteiger charge is -2.30. The van der Waals surface area contributed by atoms with Crippen LogP contribution in [0.1, 0.15) is 69.1 Å². The molecule has 8 heteroatoms. The van der Waals surface area contributed by atoms with Crippen LogP contribution in [0.5, 0.6) is 0 Å². The molecule has 2 aromatic rings. The average Bonchev–Trinajstić information content (AvgIpc) is 3.02. The molecule has 1 aliphatic rings. The molecule has 0 atom stereocenters. The zero-order valence-corrected chi connectivity index (χ0v) is 16.5. The van der Waals surface area contributed by atoms with Gasteiger partial charge < -0.3 is 15.2 Å². The molecule has 0 bridgehead atoms. The van der Waals surface area contributed by atoms with E-state index in [4.69, 9.17) is 4.52 Å². The summed E-state index contributed by atoms with van der Waals surface area (Å²) < 4.78 is 5.38. The monoisotopic (exact) mass is 385 g/mol. The second-order valence-electron chi connectivity index (χ2n) is 7.41. The van der Waals surface area contributed by atoms with Gasteiger partial charge in [0.2, 0.25) is 17.7 Å². The molecule has 0 spiro atoms. The van der Waals surface area contributed by atoms with Crippen molar-refractivity contribution in [3.8, 4) is 0 Å². The average molecular weight is 385 g/mol. The standard InChI is InChI=1S/C20H27N5O3/c1-14-8-7-13-21-18(14)22-16(27)9-10-17-23-19(25-28-17)20(24-15(2)26)11-5-3-4-6-12-20/h7-8,13H,3-6,9-12H2,1-2H3,(H,24,26)(H,21,22,27). The molecule has 8 nitrogen and oxygen atoms in total. The number of nitrogens with one attached hydrogen (secondary N) is 2. The first-order valence-corrected chi connectivity index (χ1v) is 9.82. The summed E-state index contributed by atoms with van der Waals surface area (Å²) in [5, 5.41) is 9.99. The van der Waals surface area contributed by atoms with Crippen LogP contribution in [-0.2, 0) is 21.5 Å². The summed E-state index contributed by atoms with van der Waals surface area (Å²) in [6.45, 7) is 3.40. The first-order chi connectivity index (χ1) is 13.5.